The molecule has 0 aliphatic heterocycles. The molecule has 4 amide bonds. The van der Waals surface area contributed by atoms with Crippen LogP contribution in [-0.4, -0.2) is 88.0 Å². The van der Waals surface area contributed by atoms with Crippen molar-refractivity contribution in [2.24, 2.45) is 11.5 Å². The van der Waals surface area contributed by atoms with Gasteiger partial charge in [-0.25, -0.2) is 4.79 Å². The summed E-state index contributed by atoms with van der Waals surface area (Å²) in [6, 6.07) is 1.12. The third kappa shape index (κ3) is 12.2. The number of carbonyl (C=O) groups excluding carboxylic acids is 4. The van der Waals surface area contributed by atoms with E-state index in [1.165, 1.54) is 47.8 Å². The Morgan fingerprint density at radius 3 is 1.89 bits per heavy atom. The van der Waals surface area contributed by atoms with Gasteiger partial charge in [0.1, 0.15) is 23.9 Å². The molecule has 0 aliphatic rings. The van der Waals surface area contributed by atoms with Gasteiger partial charge in [0, 0.05) is 6.42 Å². The topological polar surface area (TPSA) is 214 Å². The molecule has 0 aliphatic carbocycles. The normalized spacial score (nSPS) is 14.0. The van der Waals surface area contributed by atoms with Crippen LogP contribution in [-0.2, 0) is 30.4 Å². The van der Waals surface area contributed by atoms with E-state index in [9.17, 15) is 34.2 Å². The number of aliphatic carboxylic acids is 1. The number of thioether (sulfide) groups is 2. The SMILES string of the molecule is CSCCC(N)C(=O)NC(CC(N)=O)C(=O)NC(Cc1ccc(O)cc1)C(=O)NC(CCSC)C(=O)O. The van der Waals surface area contributed by atoms with Gasteiger partial charge in [-0.1, -0.05) is 12.1 Å². The molecule has 4 unspecified atom stereocenters. The van der Waals surface area contributed by atoms with Crippen molar-refractivity contribution in [2.45, 2.75) is 49.9 Å². The summed E-state index contributed by atoms with van der Waals surface area (Å²) in [5.41, 5.74) is 11.7. The Balaban J connectivity index is 3.12. The Labute approximate surface area is 224 Å². The highest BCUT2D eigenvalue weighted by atomic mass is 32.2. The lowest BCUT2D eigenvalue weighted by molar-refractivity contribution is -0.142. The van der Waals surface area contributed by atoms with E-state index in [-0.39, 0.29) is 18.6 Å². The Hall–Kier alpha value is -2.97. The fourth-order valence-corrected chi connectivity index (χ4v) is 4.14. The molecule has 0 aromatic heterocycles. The summed E-state index contributed by atoms with van der Waals surface area (Å²) >= 11 is 2.91. The lowest BCUT2D eigenvalue weighted by Crippen LogP contribution is -2.58. The third-order valence-corrected chi connectivity index (χ3v) is 6.53. The van der Waals surface area contributed by atoms with E-state index >= 15 is 0 Å². The van der Waals surface area contributed by atoms with Crippen molar-refractivity contribution in [3.63, 3.8) is 0 Å². The van der Waals surface area contributed by atoms with E-state index in [1.54, 1.807) is 6.26 Å². The highest BCUT2D eigenvalue weighted by molar-refractivity contribution is 7.98. The van der Waals surface area contributed by atoms with Gasteiger partial charge in [0.15, 0.2) is 0 Å². The molecular weight excluding hydrogens is 522 g/mol. The second-order valence-corrected chi connectivity index (χ2v) is 10.2. The van der Waals surface area contributed by atoms with Gasteiger partial charge in [-0.3, -0.25) is 19.2 Å². The maximum Gasteiger partial charge on any atom is 0.326 e. The minimum atomic E-state index is -1.40. The number of carboxylic acid groups (broad SMARTS) is 1. The molecule has 1 rings (SSSR count). The van der Waals surface area contributed by atoms with Crippen molar-refractivity contribution >= 4 is 53.1 Å². The van der Waals surface area contributed by atoms with Crippen molar-refractivity contribution < 1.29 is 34.2 Å². The Bertz CT molecular complexity index is 933. The number of rotatable bonds is 17. The molecule has 0 spiro atoms. The van der Waals surface area contributed by atoms with Crippen LogP contribution in [0.1, 0.15) is 24.8 Å². The number of carboxylic acids is 1. The predicted octanol–water partition coefficient (Wildman–Crippen LogP) is -0.817. The van der Waals surface area contributed by atoms with Gasteiger partial charge in [0.2, 0.25) is 23.6 Å². The highest BCUT2D eigenvalue weighted by Gasteiger charge is 2.31. The lowest BCUT2D eigenvalue weighted by atomic mass is 10.0. The molecular formula is C23H35N5O7S2. The Morgan fingerprint density at radius 1 is 0.838 bits per heavy atom. The van der Waals surface area contributed by atoms with Crippen LogP contribution in [0.15, 0.2) is 24.3 Å². The van der Waals surface area contributed by atoms with Crippen molar-refractivity contribution in [1.29, 1.82) is 0 Å². The molecule has 0 heterocycles. The van der Waals surface area contributed by atoms with Gasteiger partial charge in [-0.15, -0.1) is 0 Å². The summed E-state index contributed by atoms with van der Waals surface area (Å²) < 4.78 is 0. The molecule has 1 aromatic rings. The smallest absolute Gasteiger partial charge is 0.326 e. The Kier molecular flexibility index (Phi) is 14.5. The quantitative estimate of drug-likeness (QED) is 0.126. The van der Waals surface area contributed by atoms with Gasteiger partial charge in [-0.2, -0.15) is 23.5 Å². The Morgan fingerprint density at radius 2 is 1.35 bits per heavy atom. The van der Waals surface area contributed by atoms with E-state index in [0.29, 0.717) is 23.5 Å². The predicted molar refractivity (Wildman–Crippen MR) is 143 cm³/mol. The van der Waals surface area contributed by atoms with Gasteiger partial charge in [0.25, 0.3) is 0 Å². The number of nitrogens with one attached hydrogen (secondary N) is 3. The number of carbonyl (C=O) groups is 5. The van der Waals surface area contributed by atoms with Crippen molar-refractivity contribution in [2.75, 3.05) is 24.0 Å². The molecule has 0 fully saturated rings. The van der Waals surface area contributed by atoms with Crippen LogP contribution in [0.3, 0.4) is 0 Å². The molecule has 9 N–H and O–H groups in total. The maximum atomic E-state index is 13.1. The first-order chi connectivity index (χ1) is 17.5. The first-order valence-corrected chi connectivity index (χ1v) is 14.2. The first kappa shape index (κ1) is 32.1. The molecule has 14 heteroatoms. The number of benzene rings is 1. The van der Waals surface area contributed by atoms with E-state index < -0.39 is 60.2 Å². The summed E-state index contributed by atoms with van der Waals surface area (Å²) in [7, 11) is 0. The number of hydrogen-bond acceptors (Lipinski definition) is 9. The highest BCUT2D eigenvalue weighted by Crippen LogP contribution is 2.12. The van der Waals surface area contributed by atoms with E-state index in [4.69, 9.17) is 11.5 Å². The molecule has 0 radical (unpaired) electrons. The second kappa shape index (κ2) is 16.7. The van der Waals surface area contributed by atoms with E-state index in [0.717, 1.165) is 0 Å². The summed E-state index contributed by atoms with van der Waals surface area (Å²) in [4.78, 5) is 61.8. The van der Waals surface area contributed by atoms with E-state index in [1.807, 2.05) is 6.26 Å². The maximum absolute atomic E-state index is 13.1. The largest absolute Gasteiger partial charge is 0.508 e. The van der Waals surface area contributed by atoms with Gasteiger partial charge in [-0.05, 0) is 54.6 Å². The molecule has 0 saturated heterocycles. The third-order valence-electron chi connectivity index (χ3n) is 5.24. The number of amides is 4. The standard InChI is InChI=1S/C23H35N5O7S2/c1-36-9-7-15(24)20(31)27-18(12-19(25)30)22(33)28-17(11-13-3-5-14(29)6-4-13)21(32)26-16(23(34)35)8-10-37-2/h3-6,15-18,29H,7-12,24H2,1-2H3,(H2,25,30)(H,26,32)(H,27,31)(H,28,33)(H,34,35). The molecule has 37 heavy (non-hydrogen) atoms. The zero-order chi connectivity index (χ0) is 28.0. The number of nitrogens with two attached hydrogens (primary N) is 2. The molecule has 206 valence electrons. The van der Waals surface area contributed by atoms with E-state index in [2.05, 4.69) is 16.0 Å². The monoisotopic (exact) mass is 557 g/mol. The minimum Gasteiger partial charge on any atom is -0.508 e. The molecule has 12 nitrogen and oxygen atoms in total. The van der Waals surface area contributed by atoms with Gasteiger partial charge in [0.05, 0.1) is 12.5 Å². The minimum absolute atomic E-state index is 0.00107. The number of aromatic hydroxyl groups is 1. The number of phenolic OH excluding ortho intramolecular Hbond substituents is 1. The first-order valence-electron chi connectivity index (χ1n) is 11.4. The summed E-state index contributed by atoms with van der Waals surface area (Å²) in [5.74, 6) is -3.28. The van der Waals surface area contributed by atoms with Crippen LogP contribution in [0.25, 0.3) is 0 Å². The van der Waals surface area contributed by atoms with Crippen LogP contribution in [0.5, 0.6) is 5.75 Å². The fraction of sp³-hybridized carbons (Fsp3) is 0.522. The number of hydrogen-bond donors (Lipinski definition) is 7. The number of phenols is 1. The molecule has 0 bridgehead atoms. The molecule has 1 aromatic carbocycles. The zero-order valence-electron chi connectivity index (χ0n) is 20.8. The van der Waals surface area contributed by atoms with Crippen molar-refractivity contribution in [1.82, 2.24) is 16.0 Å². The molecule has 4 atom stereocenters. The van der Waals surface area contributed by atoms with Crippen LogP contribution < -0.4 is 27.4 Å². The fourth-order valence-electron chi connectivity index (χ4n) is 3.18. The van der Waals surface area contributed by atoms with Crippen molar-refractivity contribution in [3.8, 4) is 5.75 Å². The van der Waals surface area contributed by atoms with Gasteiger partial charge < -0.3 is 37.6 Å². The average molecular weight is 558 g/mol. The van der Waals surface area contributed by atoms with Crippen molar-refractivity contribution in [3.05, 3.63) is 29.8 Å². The van der Waals surface area contributed by atoms with Crippen LogP contribution in [0, 0.1) is 0 Å². The van der Waals surface area contributed by atoms with Crippen LogP contribution in [0.2, 0.25) is 0 Å². The summed E-state index contributed by atoms with van der Waals surface area (Å²) in [5, 5.41) is 26.4. The van der Waals surface area contributed by atoms with Gasteiger partial charge >= 0.3 is 5.97 Å². The lowest BCUT2D eigenvalue weighted by Gasteiger charge is -2.25. The summed E-state index contributed by atoms with van der Waals surface area (Å²) in [6.07, 6.45) is 3.56. The average Bonchev–Trinajstić information content (AvgIpc) is 2.84. The zero-order valence-corrected chi connectivity index (χ0v) is 22.4. The van der Waals surface area contributed by atoms with Crippen LogP contribution in [0.4, 0.5) is 0 Å². The second-order valence-electron chi connectivity index (χ2n) is 8.23. The van der Waals surface area contributed by atoms with Crippen LogP contribution >= 0.6 is 23.5 Å². The number of primary amides is 1. The molecule has 0 saturated carbocycles. The summed E-state index contributed by atoms with van der Waals surface area (Å²) in [6.45, 7) is 0.